The van der Waals surface area contributed by atoms with Crippen LogP contribution in [-0.2, 0) is 17.8 Å². The predicted molar refractivity (Wildman–Crippen MR) is 83.1 cm³/mol. The number of amides is 2. The van der Waals surface area contributed by atoms with Gasteiger partial charge in [0.25, 0.3) is 11.3 Å². The van der Waals surface area contributed by atoms with Crippen molar-refractivity contribution < 1.29 is 13.6 Å². The Morgan fingerprint density at radius 2 is 1.62 bits per heavy atom. The SMILES string of the molecule is O=C(NCc1ccccc1)Nc1ccc(NS(=O)O)cc1. The van der Waals surface area contributed by atoms with E-state index in [2.05, 4.69) is 15.4 Å². The Morgan fingerprint density at radius 3 is 2.24 bits per heavy atom. The van der Waals surface area contributed by atoms with Crippen LogP contribution in [0.4, 0.5) is 16.2 Å². The first-order chi connectivity index (χ1) is 10.1. The van der Waals surface area contributed by atoms with Gasteiger partial charge in [0.1, 0.15) is 0 Å². The van der Waals surface area contributed by atoms with Gasteiger partial charge in [0, 0.05) is 17.9 Å². The number of carbonyl (C=O) groups is 1. The Labute approximate surface area is 125 Å². The second kappa shape index (κ2) is 7.41. The summed E-state index contributed by atoms with van der Waals surface area (Å²) < 4.78 is 21.6. The van der Waals surface area contributed by atoms with Crippen molar-refractivity contribution in [2.75, 3.05) is 10.0 Å². The lowest BCUT2D eigenvalue weighted by molar-refractivity contribution is 0.251. The second-order valence-corrected chi connectivity index (χ2v) is 4.92. The smallest absolute Gasteiger partial charge is 0.319 e. The summed E-state index contributed by atoms with van der Waals surface area (Å²) in [4.78, 5) is 11.7. The van der Waals surface area contributed by atoms with Gasteiger partial charge in [-0.15, -0.1) is 0 Å². The molecule has 1 atom stereocenters. The minimum atomic E-state index is -2.11. The maximum absolute atomic E-state index is 11.7. The highest BCUT2D eigenvalue weighted by Gasteiger charge is 2.02. The number of nitrogens with one attached hydrogen (secondary N) is 3. The highest BCUT2D eigenvalue weighted by molar-refractivity contribution is 7.80. The van der Waals surface area contributed by atoms with Crippen molar-refractivity contribution in [3.8, 4) is 0 Å². The molecule has 0 aliphatic heterocycles. The molecule has 2 aromatic rings. The molecule has 0 radical (unpaired) electrons. The largest absolute Gasteiger partial charge is 0.334 e. The van der Waals surface area contributed by atoms with Gasteiger partial charge in [-0.25, -0.2) is 9.00 Å². The molecule has 7 heteroatoms. The molecule has 2 amide bonds. The van der Waals surface area contributed by atoms with Crippen molar-refractivity contribution in [2.24, 2.45) is 0 Å². The van der Waals surface area contributed by atoms with Crippen LogP contribution in [0.2, 0.25) is 0 Å². The lowest BCUT2D eigenvalue weighted by Crippen LogP contribution is -2.28. The first-order valence-corrected chi connectivity index (χ1v) is 7.30. The zero-order valence-corrected chi connectivity index (χ0v) is 11.9. The van der Waals surface area contributed by atoms with Gasteiger partial charge in [0.2, 0.25) is 0 Å². The summed E-state index contributed by atoms with van der Waals surface area (Å²) in [6.45, 7) is 0.440. The molecule has 2 rings (SSSR count). The fraction of sp³-hybridized carbons (Fsp3) is 0.0714. The first-order valence-electron chi connectivity index (χ1n) is 6.20. The van der Waals surface area contributed by atoms with E-state index in [0.29, 0.717) is 17.9 Å². The van der Waals surface area contributed by atoms with E-state index < -0.39 is 11.3 Å². The van der Waals surface area contributed by atoms with Crippen molar-refractivity contribution in [1.29, 1.82) is 0 Å². The van der Waals surface area contributed by atoms with Crippen molar-refractivity contribution in [3.63, 3.8) is 0 Å². The lowest BCUT2D eigenvalue weighted by atomic mass is 10.2. The summed E-state index contributed by atoms with van der Waals surface area (Å²) in [5.41, 5.74) is 2.10. The summed E-state index contributed by atoms with van der Waals surface area (Å²) in [5.74, 6) is 0. The number of rotatable bonds is 5. The minimum absolute atomic E-state index is 0.315. The van der Waals surface area contributed by atoms with Gasteiger partial charge in [0.15, 0.2) is 0 Å². The number of urea groups is 1. The fourth-order valence-corrected chi connectivity index (χ4v) is 2.01. The van der Waals surface area contributed by atoms with E-state index in [1.807, 2.05) is 30.3 Å². The molecular weight excluding hydrogens is 290 g/mol. The van der Waals surface area contributed by atoms with E-state index in [1.165, 1.54) is 0 Å². The minimum Gasteiger partial charge on any atom is -0.334 e. The highest BCUT2D eigenvalue weighted by Crippen LogP contribution is 2.13. The maximum atomic E-state index is 11.7. The van der Waals surface area contributed by atoms with Gasteiger partial charge in [-0.05, 0) is 29.8 Å². The summed E-state index contributed by atoms with van der Waals surface area (Å²) in [7, 11) is 0. The molecule has 2 aromatic carbocycles. The highest BCUT2D eigenvalue weighted by atomic mass is 32.2. The number of benzene rings is 2. The molecular formula is C14H15N3O3S. The normalized spacial score (nSPS) is 11.5. The molecule has 0 aromatic heterocycles. The molecule has 6 nitrogen and oxygen atoms in total. The molecule has 0 fully saturated rings. The molecule has 110 valence electrons. The lowest BCUT2D eigenvalue weighted by Gasteiger charge is -2.08. The third-order valence-corrected chi connectivity index (χ3v) is 3.05. The standard InChI is InChI=1S/C14H15N3O3S/c18-14(15-10-11-4-2-1-3-5-11)16-12-6-8-13(9-7-12)17-21(19)20/h1-9,17H,10H2,(H,19,20)(H2,15,16,18). The van der Waals surface area contributed by atoms with Gasteiger partial charge in [0.05, 0.1) is 0 Å². The average Bonchev–Trinajstić information content (AvgIpc) is 2.48. The zero-order chi connectivity index (χ0) is 15.1. The van der Waals surface area contributed by atoms with Crippen LogP contribution >= 0.6 is 0 Å². The van der Waals surface area contributed by atoms with E-state index in [9.17, 15) is 9.00 Å². The van der Waals surface area contributed by atoms with Crippen molar-refractivity contribution in [2.45, 2.75) is 6.54 Å². The van der Waals surface area contributed by atoms with Gasteiger partial charge in [-0.3, -0.25) is 9.27 Å². The van der Waals surface area contributed by atoms with E-state index in [1.54, 1.807) is 24.3 Å². The Morgan fingerprint density at radius 1 is 1.00 bits per heavy atom. The van der Waals surface area contributed by atoms with Crippen LogP contribution in [0.25, 0.3) is 0 Å². The van der Waals surface area contributed by atoms with Gasteiger partial charge in [-0.2, -0.15) is 0 Å². The number of hydrogen-bond donors (Lipinski definition) is 4. The molecule has 0 bridgehead atoms. The Bertz CT molecular complexity index is 617. The van der Waals surface area contributed by atoms with Crippen LogP contribution in [0.3, 0.4) is 0 Å². The monoisotopic (exact) mass is 305 g/mol. The first kappa shape index (κ1) is 15.0. The van der Waals surface area contributed by atoms with Crippen LogP contribution in [0.1, 0.15) is 5.56 Å². The van der Waals surface area contributed by atoms with Gasteiger partial charge >= 0.3 is 6.03 Å². The summed E-state index contributed by atoms with van der Waals surface area (Å²) in [6, 6.07) is 15.7. The third-order valence-electron chi connectivity index (χ3n) is 2.64. The Kier molecular flexibility index (Phi) is 5.30. The molecule has 0 aliphatic carbocycles. The van der Waals surface area contributed by atoms with Crippen molar-refractivity contribution in [1.82, 2.24) is 5.32 Å². The number of carbonyl (C=O) groups excluding carboxylic acids is 1. The third kappa shape index (κ3) is 5.25. The van der Waals surface area contributed by atoms with E-state index >= 15 is 0 Å². The van der Waals surface area contributed by atoms with Crippen LogP contribution in [0.15, 0.2) is 54.6 Å². The number of hydrogen-bond acceptors (Lipinski definition) is 2. The Hall–Kier alpha value is -2.38. The molecule has 0 spiro atoms. The van der Waals surface area contributed by atoms with E-state index in [0.717, 1.165) is 5.56 Å². The van der Waals surface area contributed by atoms with Crippen molar-refractivity contribution >= 4 is 28.7 Å². The van der Waals surface area contributed by atoms with E-state index in [-0.39, 0.29) is 6.03 Å². The second-order valence-electron chi connectivity index (χ2n) is 4.22. The summed E-state index contributed by atoms with van der Waals surface area (Å²) in [5, 5.41) is 5.42. The van der Waals surface area contributed by atoms with Crippen LogP contribution in [0.5, 0.6) is 0 Å². The molecule has 21 heavy (non-hydrogen) atoms. The summed E-state index contributed by atoms with van der Waals surface area (Å²) >= 11 is -2.11. The number of anilines is 2. The maximum Gasteiger partial charge on any atom is 0.319 e. The van der Waals surface area contributed by atoms with Gasteiger partial charge in [-0.1, -0.05) is 30.3 Å². The average molecular weight is 305 g/mol. The fourth-order valence-electron chi connectivity index (χ4n) is 1.68. The molecule has 1 unspecified atom stereocenters. The molecule has 0 aliphatic rings. The predicted octanol–water partition coefficient (Wildman–Crippen LogP) is 2.56. The van der Waals surface area contributed by atoms with E-state index in [4.69, 9.17) is 4.55 Å². The van der Waals surface area contributed by atoms with Crippen LogP contribution < -0.4 is 15.4 Å². The van der Waals surface area contributed by atoms with Crippen LogP contribution in [-0.4, -0.2) is 14.8 Å². The molecule has 0 saturated heterocycles. The topological polar surface area (TPSA) is 90.5 Å². The van der Waals surface area contributed by atoms with Crippen molar-refractivity contribution in [3.05, 3.63) is 60.2 Å². The zero-order valence-electron chi connectivity index (χ0n) is 11.1. The molecule has 0 saturated carbocycles. The molecule has 4 N–H and O–H groups in total. The van der Waals surface area contributed by atoms with Crippen LogP contribution in [0, 0.1) is 0 Å². The molecule has 0 heterocycles. The summed E-state index contributed by atoms with van der Waals surface area (Å²) in [6.07, 6.45) is 0. The van der Waals surface area contributed by atoms with Gasteiger partial charge < -0.3 is 10.6 Å². The Balaban J connectivity index is 1.83. The quantitative estimate of drug-likeness (QED) is 0.640.